The molecule has 4 rings (SSSR count). The lowest BCUT2D eigenvalue weighted by Crippen LogP contribution is -2.12. The molecule has 8 heteroatoms. The van der Waals surface area contributed by atoms with E-state index in [2.05, 4.69) is 30.6 Å². The lowest BCUT2D eigenvalue weighted by Gasteiger charge is -2.08. The fourth-order valence-electron chi connectivity index (χ4n) is 2.36. The van der Waals surface area contributed by atoms with Gasteiger partial charge in [0.05, 0.1) is 5.69 Å². The third-order valence-corrected chi connectivity index (χ3v) is 3.58. The number of hydrogen-bond acceptors (Lipinski definition) is 6. The Hall–Kier alpha value is -3.52. The van der Waals surface area contributed by atoms with E-state index in [-0.39, 0.29) is 0 Å². The van der Waals surface area contributed by atoms with Crippen molar-refractivity contribution >= 4 is 5.95 Å². The normalized spacial score (nSPS) is 12.0. The van der Waals surface area contributed by atoms with Gasteiger partial charge in [-0.05, 0) is 30.3 Å². The Labute approximate surface area is 143 Å². The molecule has 0 fully saturated rings. The van der Waals surface area contributed by atoms with Gasteiger partial charge in [0.1, 0.15) is 11.4 Å². The molecule has 1 unspecified atom stereocenters. The molecule has 0 aliphatic heterocycles. The summed E-state index contributed by atoms with van der Waals surface area (Å²) in [6.07, 6.45) is 2.44. The largest absolute Gasteiger partial charge is 0.368 e. The summed E-state index contributed by atoms with van der Waals surface area (Å²) in [6, 6.07) is 16.9. The van der Waals surface area contributed by atoms with Gasteiger partial charge in [-0.1, -0.05) is 24.3 Å². The summed E-state index contributed by atoms with van der Waals surface area (Å²) in [6.45, 7) is 0. The molecule has 0 saturated heterocycles. The van der Waals surface area contributed by atoms with Crippen molar-refractivity contribution in [1.29, 1.82) is 0 Å². The maximum atomic E-state index is 10.3. The average Bonchev–Trinajstić information content (AvgIpc) is 3.33. The summed E-state index contributed by atoms with van der Waals surface area (Å²) >= 11 is 0. The van der Waals surface area contributed by atoms with Crippen molar-refractivity contribution in [3.8, 4) is 17.2 Å². The molecule has 124 valence electrons. The lowest BCUT2D eigenvalue weighted by atomic mass is 10.3. The van der Waals surface area contributed by atoms with Crippen LogP contribution >= 0.6 is 0 Å². The highest BCUT2D eigenvalue weighted by Gasteiger charge is 2.14. The fourth-order valence-corrected chi connectivity index (χ4v) is 2.36. The quantitative estimate of drug-likeness (QED) is 0.483. The number of H-pyrrole nitrogens is 1. The molecular formula is C17H15N7O. The number of aromatic amines is 1. The Morgan fingerprint density at radius 3 is 2.64 bits per heavy atom. The smallest absolute Gasteiger partial charge is 0.224 e. The van der Waals surface area contributed by atoms with Gasteiger partial charge in [0.25, 0.3) is 0 Å². The van der Waals surface area contributed by atoms with Crippen LogP contribution in [0.4, 0.5) is 5.95 Å². The van der Waals surface area contributed by atoms with E-state index in [1.165, 1.54) is 0 Å². The molecular weight excluding hydrogens is 318 g/mol. The molecule has 0 spiro atoms. The minimum atomic E-state index is -1.02. The Morgan fingerprint density at radius 2 is 1.84 bits per heavy atom. The maximum Gasteiger partial charge on any atom is 0.224 e. The molecule has 0 radical (unpaired) electrons. The molecule has 1 atom stereocenters. The van der Waals surface area contributed by atoms with Crippen LogP contribution in [0.1, 0.15) is 11.9 Å². The number of pyridine rings is 1. The molecule has 0 aliphatic rings. The SMILES string of the molecule is OC(Nc1nnc(-c2ccccn2)[nH]1)c1ccn(-c2ccccc2)n1. The van der Waals surface area contributed by atoms with Gasteiger partial charge >= 0.3 is 0 Å². The lowest BCUT2D eigenvalue weighted by molar-refractivity contribution is 0.201. The maximum absolute atomic E-state index is 10.3. The number of nitrogens with one attached hydrogen (secondary N) is 2. The van der Waals surface area contributed by atoms with E-state index >= 15 is 0 Å². The zero-order valence-electron chi connectivity index (χ0n) is 13.1. The summed E-state index contributed by atoms with van der Waals surface area (Å²) < 4.78 is 1.69. The predicted molar refractivity (Wildman–Crippen MR) is 91.8 cm³/mol. The van der Waals surface area contributed by atoms with E-state index in [1.54, 1.807) is 23.1 Å². The minimum absolute atomic E-state index is 0.336. The first-order valence-electron chi connectivity index (χ1n) is 7.69. The molecule has 3 aromatic heterocycles. The van der Waals surface area contributed by atoms with E-state index in [1.807, 2.05) is 48.5 Å². The molecule has 0 saturated carbocycles. The Morgan fingerprint density at radius 1 is 1.00 bits per heavy atom. The number of hydrogen-bond donors (Lipinski definition) is 3. The Bertz CT molecular complexity index is 949. The van der Waals surface area contributed by atoms with E-state index < -0.39 is 6.23 Å². The number of para-hydroxylation sites is 1. The summed E-state index contributed by atoms with van der Waals surface area (Å²) in [5.41, 5.74) is 2.06. The molecule has 0 aliphatic carbocycles. The first kappa shape index (κ1) is 15.0. The molecule has 3 heterocycles. The van der Waals surface area contributed by atoms with Crippen molar-refractivity contribution in [1.82, 2.24) is 29.9 Å². The molecule has 0 bridgehead atoms. The van der Waals surface area contributed by atoms with Crippen LogP contribution in [0.2, 0.25) is 0 Å². The number of aliphatic hydroxyl groups excluding tert-OH is 1. The van der Waals surface area contributed by atoms with Gasteiger partial charge in [-0.15, -0.1) is 10.2 Å². The van der Waals surface area contributed by atoms with Crippen LogP contribution in [-0.2, 0) is 0 Å². The number of aromatic nitrogens is 6. The summed E-state index contributed by atoms with van der Waals surface area (Å²) in [5.74, 6) is 0.854. The summed E-state index contributed by atoms with van der Waals surface area (Å²) in [4.78, 5) is 7.18. The number of nitrogens with zero attached hydrogens (tertiary/aromatic N) is 5. The highest BCUT2D eigenvalue weighted by atomic mass is 16.3. The first-order chi connectivity index (χ1) is 12.3. The standard InChI is InChI=1S/C17H15N7O/c25-16(14-9-11-24(23-14)12-6-2-1-3-7-12)20-17-19-15(21-22-17)13-8-4-5-10-18-13/h1-11,16,25H,(H2,19,20,21,22). The van der Waals surface area contributed by atoms with E-state index in [0.29, 0.717) is 23.2 Å². The zero-order valence-corrected chi connectivity index (χ0v) is 13.1. The second-order valence-electron chi connectivity index (χ2n) is 5.30. The van der Waals surface area contributed by atoms with Gasteiger partial charge in [0.15, 0.2) is 12.1 Å². The van der Waals surface area contributed by atoms with Crippen LogP contribution in [-0.4, -0.2) is 35.1 Å². The van der Waals surface area contributed by atoms with Gasteiger partial charge in [-0.3, -0.25) is 4.98 Å². The first-order valence-corrected chi connectivity index (χ1v) is 7.69. The molecule has 3 N–H and O–H groups in total. The van der Waals surface area contributed by atoms with Crippen LogP contribution in [0.3, 0.4) is 0 Å². The van der Waals surface area contributed by atoms with Gasteiger partial charge in [-0.25, -0.2) is 4.68 Å². The molecule has 1 aromatic carbocycles. The number of benzene rings is 1. The fraction of sp³-hybridized carbons (Fsp3) is 0.0588. The molecule has 8 nitrogen and oxygen atoms in total. The third-order valence-electron chi connectivity index (χ3n) is 3.58. The van der Waals surface area contributed by atoms with Crippen molar-refractivity contribution in [2.45, 2.75) is 6.23 Å². The van der Waals surface area contributed by atoms with Gasteiger partial charge in [-0.2, -0.15) is 5.10 Å². The number of anilines is 1. The van der Waals surface area contributed by atoms with Crippen LogP contribution in [0.15, 0.2) is 67.0 Å². The van der Waals surface area contributed by atoms with E-state index in [0.717, 1.165) is 5.69 Å². The van der Waals surface area contributed by atoms with Gasteiger partial charge in [0.2, 0.25) is 5.95 Å². The molecule has 25 heavy (non-hydrogen) atoms. The zero-order chi connectivity index (χ0) is 17.1. The van der Waals surface area contributed by atoms with Crippen molar-refractivity contribution in [3.05, 3.63) is 72.7 Å². The van der Waals surface area contributed by atoms with Gasteiger partial charge < -0.3 is 15.4 Å². The van der Waals surface area contributed by atoms with Crippen LogP contribution in [0, 0.1) is 0 Å². The summed E-state index contributed by atoms with van der Waals surface area (Å²) in [5, 5.41) is 25.5. The molecule has 4 aromatic rings. The van der Waals surface area contributed by atoms with E-state index in [4.69, 9.17) is 0 Å². The second-order valence-corrected chi connectivity index (χ2v) is 5.30. The van der Waals surface area contributed by atoms with Crippen LogP contribution < -0.4 is 5.32 Å². The highest BCUT2D eigenvalue weighted by molar-refractivity contribution is 5.50. The van der Waals surface area contributed by atoms with Gasteiger partial charge in [0, 0.05) is 12.4 Å². The Kier molecular flexibility index (Phi) is 3.93. The number of rotatable bonds is 5. The second kappa shape index (κ2) is 6.54. The topological polar surface area (TPSA) is 105 Å². The average molecular weight is 333 g/mol. The van der Waals surface area contributed by atoms with Crippen LogP contribution in [0.5, 0.6) is 0 Å². The van der Waals surface area contributed by atoms with Crippen molar-refractivity contribution in [3.63, 3.8) is 0 Å². The van der Waals surface area contributed by atoms with Crippen LogP contribution in [0.25, 0.3) is 17.2 Å². The predicted octanol–water partition coefficient (Wildman–Crippen LogP) is 2.16. The number of aliphatic hydroxyl groups is 1. The minimum Gasteiger partial charge on any atom is -0.368 e. The van der Waals surface area contributed by atoms with E-state index in [9.17, 15) is 5.11 Å². The monoisotopic (exact) mass is 333 g/mol. The third kappa shape index (κ3) is 3.24. The highest BCUT2D eigenvalue weighted by Crippen LogP contribution is 2.17. The van der Waals surface area contributed by atoms with Crippen molar-refractivity contribution < 1.29 is 5.11 Å². The Balaban J connectivity index is 1.49. The van der Waals surface area contributed by atoms with Crippen molar-refractivity contribution in [2.75, 3.05) is 5.32 Å². The molecule has 0 amide bonds. The summed E-state index contributed by atoms with van der Waals surface area (Å²) in [7, 11) is 0. The van der Waals surface area contributed by atoms with Crippen molar-refractivity contribution in [2.24, 2.45) is 0 Å².